The summed E-state index contributed by atoms with van der Waals surface area (Å²) in [4.78, 5) is 11.7. The van der Waals surface area contributed by atoms with Crippen LogP contribution in [0.15, 0.2) is 24.3 Å². The Labute approximate surface area is 104 Å². The summed E-state index contributed by atoms with van der Waals surface area (Å²) in [5, 5.41) is 2.69. The van der Waals surface area contributed by atoms with E-state index in [1.165, 1.54) is 24.3 Å². The van der Waals surface area contributed by atoms with Crippen molar-refractivity contribution in [3.05, 3.63) is 29.8 Å². The minimum atomic E-state index is -2.87. The Morgan fingerprint density at radius 2 is 2.06 bits per heavy atom. The molecule has 0 bridgehead atoms. The molecule has 0 aliphatic rings. The summed E-state index contributed by atoms with van der Waals surface area (Å²) in [6, 6.07) is 5.31. The number of halogens is 2. The topological polar surface area (TPSA) is 38.3 Å². The third-order valence-electron chi connectivity index (χ3n) is 2.14. The lowest BCUT2D eigenvalue weighted by Gasteiger charge is -2.11. The van der Waals surface area contributed by atoms with Gasteiger partial charge in [-0.3, -0.25) is 4.79 Å². The molecule has 1 rings (SSSR count). The highest BCUT2D eigenvalue weighted by Gasteiger charge is 2.10. The highest BCUT2D eigenvalue weighted by atomic mass is 19.3. The van der Waals surface area contributed by atoms with Crippen molar-refractivity contribution in [3.8, 4) is 18.1 Å². The van der Waals surface area contributed by atoms with E-state index in [9.17, 15) is 13.6 Å². The largest absolute Gasteiger partial charge is 0.435 e. The zero-order chi connectivity index (χ0) is 13.5. The van der Waals surface area contributed by atoms with Crippen molar-refractivity contribution >= 4 is 5.91 Å². The number of benzene rings is 1. The van der Waals surface area contributed by atoms with Crippen LogP contribution in [0.4, 0.5) is 8.78 Å². The maximum Gasteiger partial charge on any atom is 0.387 e. The van der Waals surface area contributed by atoms with Crippen LogP contribution in [-0.2, 0) is 0 Å². The second kappa shape index (κ2) is 6.60. The molecule has 1 amide bonds. The minimum absolute atomic E-state index is 0.0122. The summed E-state index contributed by atoms with van der Waals surface area (Å²) < 4.78 is 28.0. The molecule has 18 heavy (non-hydrogen) atoms. The lowest BCUT2D eigenvalue weighted by atomic mass is 10.1. The summed E-state index contributed by atoms with van der Waals surface area (Å²) in [6.07, 6.45) is 5.55. The fourth-order valence-electron chi connectivity index (χ4n) is 1.32. The van der Waals surface area contributed by atoms with E-state index >= 15 is 0 Å². The van der Waals surface area contributed by atoms with E-state index in [4.69, 9.17) is 6.42 Å². The Hall–Kier alpha value is -2.09. The van der Waals surface area contributed by atoms with Crippen molar-refractivity contribution in [3.63, 3.8) is 0 Å². The zero-order valence-corrected chi connectivity index (χ0v) is 9.82. The van der Waals surface area contributed by atoms with Crippen LogP contribution in [0.1, 0.15) is 23.7 Å². The molecule has 5 heteroatoms. The minimum Gasteiger partial charge on any atom is -0.435 e. The molecule has 1 N–H and O–H groups in total. The summed E-state index contributed by atoms with van der Waals surface area (Å²) >= 11 is 0. The maximum atomic E-state index is 11.9. The van der Waals surface area contributed by atoms with E-state index < -0.39 is 6.61 Å². The number of carbonyl (C=O) groups is 1. The van der Waals surface area contributed by atoms with Gasteiger partial charge in [-0.1, -0.05) is 0 Å². The van der Waals surface area contributed by atoms with Gasteiger partial charge >= 0.3 is 6.61 Å². The smallest absolute Gasteiger partial charge is 0.387 e. The predicted octanol–water partition coefficient (Wildman–Crippen LogP) is 2.43. The summed E-state index contributed by atoms with van der Waals surface area (Å²) in [5.41, 5.74) is 0.362. The Morgan fingerprint density at radius 3 is 2.56 bits per heavy atom. The molecule has 0 saturated heterocycles. The number of amides is 1. The van der Waals surface area contributed by atoms with Gasteiger partial charge in [0.2, 0.25) is 0 Å². The first-order valence-electron chi connectivity index (χ1n) is 5.32. The van der Waals surface area contributed by atoms with Gasteiger partial charge in [0.15, 0.2) is 0 Å². The lowest BCUT2D eigenvalue weighted by molar-refractivity contribution is -0.0498. The molecule has 0 aliphatic heterocycles. The van der Waals surface area contributed by atoms with Gasteiger partial charge < -0.3 is 10.1 Å². The van der Waals surface area contributed by atoms with Crippen LogP contribution in [0.2, 0.25) is 0 Å². The molecule has 0 spiro atoms. The van der Waals surface area contributed by atoms with Gasteiger partial charge in [-0.05, 0) is 31.2 Å². The highest BCUT2D eigenvalue weighted by Crippen LogP contribution is 2.14. The van der Waals surface area contributed by atoms with Crippen molar-refractivity contribution in [2.45, 2.75) is 26.0 Å². The third kappa shape index (κ3) is 4.42. The lowest BCUT2D eigenvalue weighted by Crippen LogP contribution is -2.32. The summed E-state index contributed by atoms with van der Waals surface area (Å²) in [6.45, 7) is -1.09. The van der Waals surface area contributed by atoms with Gasteiger partial charge in [0.1, 0.15) is 5.75 Å². The monoisotopic (exact) mass is 253 g/mol. The average Bonchev–Trinajstić information content (AvgIpc) is 2.29. The molecule has 1 unspecified atom stereocenters. The Kier molecular flexibility index (Phi) is 5.12. The first kappa shape index (κ1) is 14.0. The predicted molar refractivity (Wildman–Crippen MR) is 63.5 cm³/mol. The second-order valence-electron chi connectivity index (χ2n) is 3.69. The Balaban J connectivity index is 2.62. The molecule has 0 radical (unpaired) electrons. The standard InChI is InChI=1S/C13H13F2NO2/c1-3-4-9(2)16-12(17)10-5-7-11(8-6-10)18-13(14)15/h1,5-9,13H,4H2,2H3,(H,16,17). The molecule has 0 aliphatic carbocycles. The van der Waals surface area contributed by atoms with Crippen LogP contribution in [-0.4, -0.2) is 18.6 Å². The van der Waals surface area contributed by atoms with E-state index in [1.807, 2.05) is 0 Å². The van der Waals surface area contributed by atoms with Crippen molar-refractivity contribution < 1.29 is 18.3 Å². The summed E-state index contributed by atoms with van der Waals surface area (Å²) in [7, 11) is 0. The third-order valence-corrected chi connectivity index (χ3v) is 2.14. The van der Waals surface area contributed by atoms with Gasteiger partial charge in [0.25, 0.3) is 5.91 Å². The van der Waals surface area contributed by atoms with E-state index in [0.29, 0.717) is 12.0 Å². The maximum absolute atomic E-state index is 11.9. The van der Waals surface area contributed by atoms with Crippen molar-refractivity contribution in [1.82, 2.24) is 5.32 Å². The number of nitrogens with one attached hydrogen (secondary N) is 1. The Bertz CT molecular complexity index is 437. The molecule has 0 heterocycles. The number of rotatable bonds is 5. The fraction of sp³-hybridized carbons (Fsp3) is 0.308. The summed E-state index contributed by atoms with van der Waals surface area (Å²) in [5.74, 6) is 2.14. The highest BCUT2D eigenvalue weighted by molar-refractivity contribution is 5.94. The van der Waals surface area contributed by atoms with E-state index in [0.717, 1.165) is 0 Å². The molecule has 0 saturated carbocycles. The number of hydrogen-bond donors (Lipinski definition) is 1. The molecule has 0 aromatic heterocycles. The van der Waals surface area contributed by atoms with Gasteiger partial charge in [-0.2, -0.15) is 8.78 Å². The fourth-order valence-corrected chi connectivity index (χ4v) is 1.32. The van der Waals surface area contributed by atoms with Gasteiger partial charge in [-0.15, -0.1) is 12.3 Å². The first-order chi connectivity index (χ1) is 8.52. The number of carbonyl (C=O) groups excluding carboxylic acids is 1. The molecule has 1 aromatic rings. The number of ether oxygens (including phenoxy) is 1. The molecular weight excluding hydrogens is 240 g/mol. The number of hydrogen-bond acceptors (Lipinski definition) is 2. The zero-order valence-electron chi connectivity index (χ0n) is 9.82. The number of terminal acetylenes is 1. The van der Waals surface area contributed by atoms with Crippen LogP contribution < -0.4 is 10.1 Å². The van der Waals surface area contributed by atoms with Crippen LogP contribution in [0.3, 0.4) is 0 Å². The Morgan fingerprint density at radius 1 is 1.44 bits per heavy atom. The first-order valence-corrected chi connectivity index (χ1v) is 5.32. The normalized spacial score (nSPS) is 11.7. The van der Waals surface area contributed by atoms with Crippen LogP contribution in [0, 0.1) is 12.3 Å². The SMILES string of the molecule is C#CCC(C)NC(=O)c1ccc(OC(F)F)cc1. The molecule has 0 fully saturated rings. The molecule has 1 atom stereocenters. The van der Waals surface area contributed by atoms with E-state index in [2.05, 4.69) is 16.0 Å². The van der Waals surface area contributed by atoms with E-state index in [-0.39, 0.29) is 17.7 Å². The second-order valence-corrected chi connectivity index (χ2v) is 3.69. The molecule has 96 valence electrons. The molecular formula is C13H13F2NO2. The van der Waals surface area contributed by atoms with E-state index in [1.54, 1.807) is 6.92 Å². The average molecular weight is 253 g/mol. The van der Waals surface area contributed by atoms with Crippen molar-refractivity contribution in [2.75, 3.05) is 0 Å². The van der Waals surface area contributed by atoms with Crippen LogP contribution in [0.5, 0.6) is 5.75 Å². The van der Waals surface area contributed by atoms with Gasteiger partial charge in [0, 0.05) is 18.0 Å². The van der Waals surface area contributed by atoms with Crippen LogP contribution >= 0.6 is 0 Å². The van der Waals surface area contributed by atoms with Gasteiger partial charge in [0.05, 0.1) is 0 Å². The molecule has 1 aromatic carbocycles. The molecule has 3 nitrogen and oxygen atoms in total. The van der Waals surface area contributed by atoms with Crippen molar-refractivity contribution in [1.29, 1.82) is 0 Å². The number of alkyl halides is 2. The van der Waals surface area contributed by atoms with Crippen LogP contribution in [0.25, 0.3) is 0 Å². The van der Waals surface area contributed by atoms with Crippen molar-refractivity contribution in [2.24, 2.45) is 0 Å². The quantitative estimate of drug-likeness (QED) is 0.818. The van der Waals surface area contributed by atoms with Gasteiger partial charge in [-0.25, -0.2) is 0 Å².